The van der Waals surface area contributed by atoms with Gasteiger partial charge in [-0.3, -0.25) is 4.79 Å². The van der Waals surface area contributed by atoms with E-state index in [1.165, 1.54) is 0 Å². The van der Waals surface area contributed by atoms with Crippen LogP contribution in [0.2, 0.25) is 0 Å². The van der Waals surface area contributed by atoms with Crippen LogP contribution in [-0.4, -0.2) is 68.5 Å². The lowest BCUT2D eigenvalue weighted by atomic mass is 9.77. The summed E-state index contributed by atoms with van der Waals surface area (Å²) >= 11 is 0. The molecule has 1 amide bonds. The molecule has 0 aromatic carbocycles. The number of amides is 1. The van der Waals surface area contributed by atoms with E-state index in [4.69, 9.17) is 0 Å². The third-order valence-electron chi connectivity index (χ3n) is 3.61. The zero-order chi connectivity index (χ0) is 14.6. The molecule has 7 heteroatoms. The highest BCUT2D eigenvalue weighted by atomic mass is 16.4. The number of aliphatic hydroxyl groups is 5. The van der Waals surface area contributed by atoms with Crippen LogP contribution in [-0.2, 0) is 4.79 Å². The number of nitrogens with one attached hydrogen (secondary N) is 1. The lowest BCUT2D eigenvalue weighted by Crippen LogP contribution is -2.66. The van der Waals surface area contributed by atoms with E-state index in [1.807, 2.05) is 6.92 Å². The number of hydrogen-bond donors (Lipinski definition) is 6. The molecule has 7 nitrogen and oxygen atoms in total. The first-order valence-corrected chi connectivity index (χ1v) is 6.56. The topological polar surface area (TPSA) is 130 Å². The minimum atomic E-state index is -1.56. The van der Waals surface area contributed by atoms with Crippen LogP contribution < -0.4 is 5.32 Å². The van der Waals surface area contributed by atoms with Crippen molar-refractivity contribution in [2.75, 3.05) is 6.61 Å². The van der Waals surface area contributed by atoms with Crippen molar-refractivity contribution in [3.8, 4) is 0 Å². The Morgan fingerprint density at radius 3 is 2.16 bits per heavy atom. The number of unbranched alkanes of at least 4 members (excludes halogenated alkanes) is 1. The van der Waals surface area contributed by atoms with Gasteiger partial charge in [-0.15, -0.1) is 0 Å². The van der Waals surface area contributed by atoms with Crippen molar-refractivity contribution in [1.82, 2.24) is 5.32 Å². The molecule has 1 fully saturated rings. The zero-order valence-electron chi connectivity index (χ0n) is 10.9. The van der Waals surface area contributed by atoms with Crippen LogP contribution in [0.1, 0.15) is 26.2 Å². The molecule has 0 unspecified atom stereocenters. The van der Waals surface area contributed by atoms with Crippen LogP contribution in [0.25, 0.3) is 0 Å². The van der Waals surface area contributed by atoms with Crippen LogP contribution in [0, 0.1) is 5.92 Å². The van der Waals surface area contributed by atoms with Crippen LogP contribution in [0.5, 0.6) is 0 Å². The van der Waals surface area contributed by atoms with E-state index in [9.17, 15) is 30.3 Å². The first-order chi connectivity index (χ1) is 8.93. The standard InChI is InChI=1S/C12H23NO6/c1-2-3-4-7(15)13-8-6(5-14)9(16)11(18)12(19)10(8)17/h6,8-12,14,16-19H,2-5H2,1H3,(H,13,15)/t6-,8+,9+,10-,11-,12-/m0/s1. The molecule has 0 bridgehead atoms. The molecule has 0 saturated heterocycles. The third-order valence-corrected chi connectivity index (χ3v) is 3.61. The molecular formula is C12H23NO6. The predicted molar refractivity (Wildman–Crippen MR) is 66.1 cm³/mol. The van der Waals surface area contributed by atoms with E-state index >= 15 is 0 Å². The number of rotatable bonds is 5. The molecule has 0 aromatic heterocycles. The van der Waals surface area contributed by atoms with Gasteiger partial charge in [0.05, 0.1) is 18.8 Å². The van der Waals surface area contributed by atoms with Crippen LogP contribution in [0.4, 0.5) is 0 Å². The molecule has 0 aliphatic heterocycles. The van der Waals surface area contributed by atoms with E-state index in [-0.39, 0.29) is 12.3 Å². The molecule has 19 heavy (non-hydrogen) atoms. The Bertz CT molecular complexity index is 300. The van der Waals surface area contributed by atoms with Gasteiger partial charge in [0.25, 0.3) is 0 Å². The summed E-state index contributed by atoms with van der Waals surface area (Å²) in [4.78, 5) is 11.6. The summed E-state index contributed by atoms with van der Waals surface area (Å²) in [5.74, 6) is -1.24. The summed E-state index contributed by atoms with van der Waals surface area (Å²) in [6.45, 7) is 1.42. The molecule has 1 rings (SSSR count). The molecule has 0 radical (unpaired) electrons. The molecule has 112 valence electrons. The van der Waals surface area contributed by atoms with Gasteiger partial charge >= 0.3 is 0 Å². The number of carbonyl (C=O) groups excluding carboxylic acids is 1. The second-order valence-electron chi connectivity index (χ2n) is 5.01. The first kappa shape index (κ1) is 16.3. The second kappa shape index (κ2) is 7.16. The Morgan fingerprint density at radius 2 is 1.63 bits per heavy atom. The maximum Gasteiger partial charge on any atom is 0.220 e. The highest BCUT2D eigenvalue weighted by molar-refractivity contribution is 5.76. The lowest BCUT2D eigenvalue weighted by Gasteiger charge is -2.43. The van der Waals surface area contributed by atoms with Gasteiger partial charge in [0.2, 0.25) is 5.91 Å². The highest BCUT2D eigenvalue weighted by Gasteiger charge is 2.48. The summed E-state index contributed by atoms with van der Waals surface area (Å²) in [5.41, 5.74) is 0. The SMILES string of the molecule is CCCCC(=O)N[C@H]1[C@H](O)[C@H](O)[C@@H](O)[C@H](O)[C@H]1CO. The molecular weight excluding hydrogens is 254 g/mol. The van der Waals surface area contributed by atoms with Gasteiger partial charge in [-0.1, -0.05) is 13.3 Å². The summed E-state index contributed by atoms with van der Waals surface area (Å²) in [7, 11) is 0. The van der Waals surface area contributed by atoms with E-state index in [0.29, 0.717) is 6.42 Å². The summed E-state index contributed by atoms with van der Waals surface area (Å²) in [5, 5.41) is 50.5. The summed E-state index contributed by atoms with van der Waals surface area (Å²) in [6.07, 6.45) is -4.14. The fourth-order valence-electron chi connectivity index (χ4n) is 2.34. The van der Waals surface area contributed by atoms with Crippen molar-refractivity contribution in [2.45, 2.75) is 56.6 Å². The molecule has 0 spiro atoms. The molecule has 1 saturated carbocycles. The van der Waals surface area contributed by atoms with E-state index in [2.05, 4.69) is 5.32 Å². The number of carbonyl (C=O) groups is 1. The van der Waals surface area contributed by atoms with Gasteiger partial charge in [0, 0.05) is 12.3 Å². The van der Waals surface area contributed by atoms with Crippen LogP contribution in [0.15, 0.2) is 0 Å². The largest absolute Gasteiger partial charge is 0.396 e. The first-order valence-electron chi connectivity index (χ1n) is 6.56. The Hall–Kier alpha value is -0.730. The fourth-order valence-corrected chi connectivity index (χ4v) is 2.34. The van der Waals surface area contributed by atoms with Gasteiger partial charge in [0.15, 0.2) is 0 Å². The van der Waals surface area contributed by atoms with Crippen LogP contribution >= 0.6 is 0 Å². The van der Waals surface area contributed by atoms with Gasteiger partial charge < -0.3 is 30.8 Å². The van der Waals surface area contributed by atoms with Crippen molar-refractivity contribution in [3.63, 3.8) is 0 Å². The smallest absolute Gasteiger partial charge is 0.220 e. The Labute approximate surface area is 111 Å². The van der Waals surface area contributed by atoms with Gasteiger partial charge in [-0.2, -0.15) is 0 Å². The maximum atomic E-state index is 11.6. The average molecular weight is 277 g/mol. The van der Waals surface area contributed by atoms with Gasteiger partial charge in [-0.25, -0.2) is 0 Å². The Kier molecular flexibility index (Phi) is 6.15. The monoisotopic (exact) mass is 277 g/mol. The summed E-state index contributed by atoms with van der Waals surface area (Å²) < 4.78 is 0. The zero-order valence-corrected chi connectivity index (χ0v) is 10.9. The van der Waals surface area contributed by atoms with Gasteiger partial charge in [0.1, 0.15) is 18.3 Å². The van der Waals surface area contributed by atoms with Crippen molar-refractivity contribution in [2.24, 2.45) is 5.92 Å². The fraction of sp³-hybridized carbons (Fsp3) is 0.917. The van der Waals surface area contributed by atoms with Crippen molar-refractivity contribution < 1.29 is 30.3 Å². The van der Waals surface area contributed by atoms with E-state index < -0.39 is 43.0 Å². The van der Waals surface area contributed by atoms with Crippen LogP contribution in [0.3, 0.4) is 0 Å². The van der Waals surface area contributed by atoms with Crippen molar-refractivity contribution in [3.05, 3.63) is 0 Å². The van der Waals surface area contributed by atoms with Crippen molar-refractivity contribution in [1.29, 1.82) is 0 Å². The molecule has 1 aliphatic rings. The second-order valence-corrected chi connectivity index (χ2v) is 5.01. The quantitative estimate of drug-likeness (QED) is 0.336. The summed E-state index contributed by atoms with van der Waals surface area (Å²) in [6, 6.07) is -0.984. The minimum absolute atomic E-state index is 0.270. The third kappa shape index (κ3) is 3.64. The van der Waals surface area contributed by atoms with Crippen molar-refractivity contribution >= 4 is 5.91 Å². The molecule has 0 aromatic rings. The average Bonchev–Trinajstić information content (AvgIpc) is 2.40. The van der Waals surface area contributed by atoms with E-state index in [1.54, 1.807) is 0 Å². The Morgan fingerprint density at radius 1 is 1.05 bits per heavy atom. The maximum absolute atomic E-state index is 11.6. The minimum Gasteiger partial charge on any atom is -0.396 e. The van der Waals surface area contributed by atoms with Gasteiger partial charge in [-0.05, 0) is 6.42 Å². The number of aliphatic hydroxyl groups excluding tert-OH is 5. The molecule has 6 atom stereocenters. The molecule has 6 N–H and O–H groups in total. The van der Waals surface area contributed by atoms with E-state index in [0.717, 1.165) is 6.42 Å². The number of hydrogen-bond acceptors (Lipinski definition) is 6. The molecule has 0 heterocycles. The highest BCUT2D eigenvalue weighted by Crippen LogP contribution is 2.26. The predicted octanol–water partition coefficient (Wildman–Crippen LogP) is -2.27. The Balaban J connectivity index is 2.74. The molecule has 1 aliphatic carbocycles. The lowest BCUT2D eigenvalue weighted by molar-refractivity contribution is -0.178. The normalized spacial score (nSPS) is 39.1.